The Morgan fingerprint density at radius 3 is 1.87 bits per heavy atom. The summed E-state index contributed by atoms with van der Waals surface area (Å²) >= 11 is 0. The van der Waals surface area contributed by atoms with Gasteiger partial charge in [0.15, 0.2) is 0 Å². The maximum atomic E-state index is 11.9. The molecule has 0 saturated carbocycles. The van der Waals surface area contributed by atoms with Gasteiger partial charge in [-0.1, -0.05) is 34.6 Å². The predicted molar refractivity (Wildman–Crippen MR) is 64.1 cm³/mol. The fourth-order valence-electron chi connectivity index (χ4n) is 1.20. The van der Waals surface area contributed by atoms with Crippen LogP contribution in [0.3, 0.4) is 0 Å². The van der Waals surface area contributed by atoms with Gasteiger partial charge in [-0.05, 0) is 5.41 Å². The van der Waals surface area contributed by atoms with Gasteiger partial charge in [0.2, 0.25) is 10.0 Å². The van der Waals surface area contributed by atoms with Crippen molar-refractivity contribution in [2.45, 2.75) is 40.7 Å². The second kappa shape index (κ2) is 5.27. The first-order chi connectivity index (χ1) is 6.65. The second-order valence-corrected chi connectivity index (χ2v) is 6.85. The number of hydrogen-bond donors (Lipinski definition) is 1. The Balaban J connectivity index is 4.65. The lowest BCUT2D eigenvalue weighted by Crippen LogP contribution is -2.45. The monoisotopic (exact) mass is 236 g/mol. The number of rotatable bonds is 5. The molecule has 0 aliphatic heterocycles. The molecule has 0 radical (unpaired) electrons. The number of hydrogen-bond acceptors (Lipinski definition) is 3. The summed E-state index contributed by atoms with van der Waals surface area (Å²) in [6.45, 7) is 10.6. The van der Waals surface area contributed by atoms with E-state index in [1.807, 2.05) is 34.6 Å². The van der Waals surface area contributed by atoms with Gasteiger partial charge in [0, 0.05) is 19.1 Å². The van der Waals surface area contributed by atoms with Crippen LogP contribution in [0.25, 0.3) is 0 Å². The summed E-state index contributed by atoms with van der Waals surface area (Å²) in [5, 5.41) is 0. The van der Waals surface area contributed by atoms with Crippen LogP contribution in [0, 0.1) is 5.41 Å². The molecule has 0 aromatic carbocycles. The van der Waals surface area contributed by atoms with E-state index in [9.17, 15) is 8.42 Å². The lowest BCUT2D eigenvalue weighted by Gasteiger charge is -2.29. The van der Waals surface area contributed by atoms with Crippen LogP contribution in [0.2, 0.25) is 0 Å². The Bertz CT molecular complexity index is 276. The summed E-state index contributed by atoms with van der Waals surface area (Å²) in [5.41, 5.74) is 5.70. The van der Waals surface area contributed by atoms with Crippen LogP contribution in [-0.2, 0) is 10.0 Å². The summed E-state index contributed by atoms with van der Waals surface area (Å²) in [6, 6.07) is -0.330. The highest BCUT2D eigenvalue weighted by atomic mass is 32.2. The first kappa shape index (κ1) is 14.9. The van der Waals surface area contributed by atoms with Crippen molar-refractivity contribution in [1.29, 1.82) is 0 Å². The second-order valence-electron chi connectivity index (χ2n) is 4.84. The third kappa shape index (κ3) is 4.49. The zero-order valence-electron chi connectivity index (χ0n) is 10.4. The van der Waals surface area contributed by atoms with E-state index < -0.39 is 10.0 Å². The smallest absolute Gasteiger partial charge is 0.215 e. The molecule has 0 saturated heterocycles. The summed E-state index contributed by atoms with van der Waals surface area (Å²) in [7, 11) is -3.20. The molecule has 0 aromatic heterocycles. The van der Waals surface area contributed by atoms with E-state index in [2.05, 4.69) is 0 Å². The molecule has 0 aliphatic rings. The Hall–Kier alpha value is -0.130. The molecule has 0 aliphatic carbocycles. The molecule has 0 aromatic rings. The van der Waals surface area contributed by atoms with E-state index >= 15 is 0 Å². The van der Waals surface area contributed by atoms with E-state index in [0.29, 0.717) is 13.1 Å². The standard InChI is InChI=1S/C10H24N2O2S/c1-6-12(7-2)15(13,14)8-9(11)10(3,4)5/h9H,6-8,11H2,1-5H3. The van der Waals surface area contributed by atoms with Crippen LogP contribution in [0.5, 0.6) is 0 Å². The van der Waals surface area contributed by atoms with Crippen molar-refractivity contribution >= 4 is 10.0 Å². The van der Waals surface area contributed by atoms with Crippen molar-refractivity contribution in [3.05, 3.63) is 0 Å². The van der Waals surface area contributed by atoms with Crippen molar-refractivity contribution in [2.75, 3.05) is 18.8 Å². The van der Waals surface area contributed by atoms with Crippen LogP contribution < -0.4 is 5.73 Å². The quantitative estimate of drug-likeness (QED) is 0.775. The van der Waals surface area contributed by atoms with Gasteiger partial charge in [0.25, 0.3) is 0 Å². The van der Waals surface area contributed by atoms with Gasteiger partial charge in [-0.15, -0.1) is 0 Å². The average molecular weight is 236 g/mol. The van der Waals surface area contributed by atoms with E-state index in [0.717, 1.165) is 0 Å². The molecule has 0 amide bonds. The number of sulfonamides is 1. The van der Waals surface area contributed by atoms with E-state index in [-0.39, 0.29) is 17.2 Å². The average Bonchev–Trinajstić information content (AvgIpc) is 2.02. The van der Waals surface area contributed by atoms with Crippen LogP contribution >= 0.6 is 0 Å². The lowest BCUT2D eigenvalue weighted by atomic mass is 9.89. The molecule has 0 fully saturated rings. The first-order valence-electron chi connectivity index (χ1n) is 5.38. The van der Waals surface area contributed by atoms with Crippen LogP contribution in [0.15, 0.2) is 0 Å². The summed E-state index contributed by atoms with van der Waals surface area (Å²) in [4.78, 5) is 0. The highest BCUT2D eigenvalue weighted by Crippen LogP contribution is 2.19. The Labute approximate surface area is 93.9 Å². The fraction of sp³-hybridized carbons (Fsp3) is 1.00. The van der Waals surface area contributed by atoms with E-state index in [1.165, 1.54) is 4.31 Å². The highest BCUT2D eigenvalue weighted by Gasteiger charge is 2.28. The Morgan fingerprint density at radius 2 is 1.60 bits per heavy atom. The minimum Gasteiger partial charge on any atom is -0.326 e. The molecule has 0 heterocycles. The van der Waals surface area contributed by atoms with Crippen molar-refractivity contribution in [3.8, 4) is 0 Å². The molecule has 0 bridgehead atoms. The third-order valence-electron chi connectivity index (χ3n) is 2.60. The van der Waals surface area contributed by atoms with Gasteiger partial charge in [-0.2, -0.15) is 0 Å². The molecule has 0 rings (SSSR count). The number of nitrogens with zero attached hydrogens (tertiary/aromatic N) is 1. The molecule has 0 spiro atoms. The van der Waals surface area contributed by atoms with Gasteiger partial charge in [-0.3, -0.25) is 0 Å². The van der Waals surface area contributed by atoms with E-state index in [1.54, 1.807) is 0 Å². The van der Waals surface area contributed by atoms with Crippen LogP contribution in [0.1, 0.15) is 34.6 Å². The molecule has 92 valence electrons. The molecule has 1 unspecified atom stereocenters. The molecule has 1 atom stereocenters. The van der Waals surface area contributed by atoms with Crippen molar-refractivity contribution in [3.63, 3.8) is 0 Å². The largest absolute Gasteiger partial charge is 0.326 e. The van der Waals surface area contributed by atoms with Crippen LogP contribution in [-0.4, -0.2) is 37.6 Å². The molecule has 2 N–H and O–H groups in total. The normalized spacial score (nSPS) is 15.7. The SMILES string of the molecule is CCN(CC)S(=O)(=O)CC(N)C(C)(C)C. The van der Waals surface area contributed by atoms with Gasteiger partial charge in [0.05, 0.1) is 5.75 Å². The highest BCUT2D eigenvalue weighted by molar-refractivity contribution is 7.89. The van der Waals surface area contributed by atoms with Gasteiger partial charge >= 0.3 is 0 Å². The fourth-order valence-corrected chi connectivity index (χ4v) is 3.15. The predicted octanol–water partition coefficient (Wildman–Crippen LogP) is 1.03. The molecule has 4 nitrogen and oxygen atoms in total. The molecular formula is C10H24N2O2S. The molecular weight excluding hydrogens is 212 g/mol. The van der Waals surface area contributed by atoms with Gasteiger partial charge in [-0.25, -0.2) is 12.7 Å². The Kier molecular flexibility index (Phi) is 5.23. The molecule has 15 heavy (non-hydrogen) atoms. The lowest BCUT2D eigenvalue weighted by molar-refractivity contribution is 0.334. The maximum Gasteiger partial charge on any atom is 0.215 e. The van der Waals surface area contributed by atoms with E-state index in [4.69, 9.17) is 5.73 Å². The maximum absolute atomic E-state index is 11.9. The van der Waals surface area contributed by atoms with Gasteiger partial charge < -0.3 is 5.73 Å². The zero-order chi connectivity index (χ0) is 12.3. The van der Waals surface area contributed by atoms with Crippen LogP contribution in [0.4, 0.5) is 0 Å². The van der Waals surface area contributed by atoms with Crippen molar-refractivity contribution in [2.24, 2.45) is 11.1 Å². The topological polar surface area (TPSA) is 63.4 Å². The van der Waals surface area contributed by atoms with Crippen molar-refractivity contribution in [1.82, 2.24) is 4.31 Å². The minimum absolute atomic E-state index is 0.0260. The van der Waals surface area contributed by atoms with Gasteiger partial charge in [0.1, 0.15) is 0 Å². The van der Waals surface area contributed by atoms with Crippen molar-refractivity contribution < 1.29 is 8.42 Å². The minimum atomic E-state index is -3.20. The third-order valence-corrected chi connectivity index (χ3v) is 4.68. The zero-order valence-corrected chi connectivity index (χ0v) is 11.3. The number of nitrogens with two attached hydrogens (primary N) is 1. The summed E-state index contributed by atoms with van der Waals surface area (Å²) in [6.07, 6.45) is 0. The summed E-state index contributed by atoms with van der Waals surface area (Å²) in [5.74, 6) is 0.0260. The summed E-state index contributed by atoms with van der Waals surface area (Å²) < 4.78 is 25.2. The molecule has 5 heteroatoms. The Morgan fingerprint density at radius 1 is 1.20 bits per heavy atom. The first-order valence-corrected chi connectivity index (χ1v) is 6.99.